The minimum atomic E-state index is -0.366. The van der Waals surface area contributed by atoms with Gasteiger partial charge in [0.15, 0.2) is 0 Å². The van der Waals surface area contributed by atoms with E-state index in [2.05, 4.69) is 10.4 Å². The number of carbonyl (C=O) groups is 1. The summed E-state index contributed by atoms with van der Waals surface area (Å²) < 4.78 is 15.2. The van der Waals surface area contributed by atoms with Gasteiger partial charge in [-0.25, -0.2) is 4.39 Å². The molecular formula is C13H15FN4O. The van der Waals surface area contributed by atoms with E-state index in [1.807, 2.05) is 0 Å². The number of amides is 1. The summed E-state index contributed by atoms with van der Waals surface area (Å²) in [5.41, 5.74) is 7.02. The van der Waals surface area contributed by atoms with Crippen molar-refractivity contribution in [1.29, 1.82) is 0 Å². The number of nitrogens with two attached hydrogens (primary N) is 1. The van der Waals surface area contributed by atoms with Crippen LogP contribution in [-0.4, -0.2) is 15.7 Å². The first-order valence-corrected chi connectivity index (χ1v) is 5.84. The van der Waals surface area contributed by atoms with Crippen molar-refractivity contribution >= 4 is 5.91 Å². The fraction of sp³-hybridized carbons (Fsp3) is 0.231. The maximum absolute atomic E-state index is 13.7. The van der Waals surface area contributed by atoms with Crippen molar-refractivity contribution in [3.63, 3.8) is 0 Å². The Balaban J connectivity index is 2.01. The van der Waals surface area contributed by atoms with E-state index in [0.717, 1.165) is 5.56 Å². The number of halogens is 1. The van der Waals surface area contributed by atoms with Crippen molar-refractivity contribution in [2.24, 2.45) is 12.8 Å². The predicted octanol–water partition coefficient (Wildman–Crippen LogP) is 0.948. The second-order valence-electron chi connectivity index (χ2n) is 4.22. The maximum atomic E-state index is 13.7. The summed E-state index contributed by atoms with van der Waals surface area (Å²) >= 11 is 0. The topological polar surface area (TPSA) is 72.9 Å². The molecule has 3 N–H and O–H groups in total. The van der Waals surface area contributed by atoms with Gasteiger partial charge in [0.2, 0.25) is 0 Å². The molecule has 2 rings (SSSR count). The molecule has 19 heavy (non-hydrogen) atoms. The van der Waals surface area contributed by atoms with Crippen molar-refractivity contribution in [3.05, 3.63) is 53.1 Å². The molecule has 5 nitrogen and oxygen atoms in total. The van der Waals surface area contributed by atoms with Crippen LogP contribution >= 0.6 is 0 Å². The Morgan fingerprint density at radius 2 is 2.32 bits per heavy atom. The fourth-order valence-corrected chi connectivity index (χ4v) is 1.68. The summed E-state index contributed by atoms with van der Waals surface area (Å²) in [6, 6.07) is 4.75. The average Bonchev–Trinajstić information content (AvgIpc) is 2.83. The minimum absolute atomic E-state index is 0.129. The quantitative estimate of drug-likeness (QED) is 0.861. The highest BCUT2D eigenvalue weighted by atomic mass is 19.1. The highest BCUT2D eigenvalue weighted by Crippen LogP contribution is 2.10. The van der Waals surface area contributed by atoms with Crippen LogP contribution in [0.5, 0.6) is 0 Å². The molecule has 0 spiro atoms. The smallest absolute Gasteiger partial charge is 0.254 e. The number of carbonyl (C=O) groups excluding carboxylic acids is 1. The molecule has 0 bridgehead atoms. The van der Waals surface area contributed by atoms with Crippen LogP contribution in [0.15, 0.2) is 30.6 Å². The first-order chi connectivity index (χ1) is 9.10. The lowest BCUT2D eigenvalue weighted by molar-refractivity contribution is 0.0950. The highest BCUT2D eigenvalue weighted by molar-refractivity contribution is 5.93. The number of hydrogen-bond acceptors (Lipinski definition) is 3. The lowest BCUT2D eigenvalue weighted by Crippen LogP contribution is -2.23. The van der Waals surface area contributed by atoms with E-state index in [9.17, 15) is 9.18 Å². The first-order valence-electron chi connectivity index (χ1n) is 5.84. The van der Waals surface area contributed by atoms with Gasteiger partial charge in [0.05, 0.1) is 11.8 Å². The van der Waals surface area contributed by atoms with Gasteiger partial charge in [0, 0.05) is 31.9 Å². The number of nitrogens with zero attached hydrogens (tertiary/aromatic N) is 2. The summed E-state index contributed by atoms with van der Waals surface area (Å²) in [6.45, 7) is 0.420. The van der Waals surface area contributed by atoms with Gasteiger partial charge in [-0.05, 0) is 11.6 Å². The van der Waals surface area contributed by atoms with Gasteiger partial charge in [-0.2, -0.15) is 5.10 Å². The molecule has 1 aromatic heterocycles. The lowest BCUT2D eigenvalue weighted by atomic mass is 10.1. The van der Waals surface area contributed by atoms with Crippen LogP contribution in [-0.2, 0) is 20.1 Å². The second kappa shape index (κ2) is 5.62. The van der Waals surface area contributed by atoms with E-state index in [4.69, 9.17) is 5.73 Å². The number of rotatable bonds is 4. The van der Waals surface area contributed by atoms with Crippen LogP contribution < -0.4 is 11.1 Å². The molecule has 0 aliphatic heterocycles. The van der Waals surface area contributed by atoms with Gasteiger partial charge in [0.25, 0.3) is 5.91 Å². The molecule has 100 valence electrons. The van der Waals surface area contributed by atoms with Gasteiger partial charge < -0.3 is 11.1 Å². The maximum Gasteiger partial charge on any atom is 0.254 e. The summed E-state index contributed by atoms with van der Waals surface area (Å²) in [5, 5.41) is 6.54. The van der Waals surface area contributed by atoms with Crippen molar-refractivity contribution in [1.82, 2.24) is 15.1 Å². The molecule has 1 aromatic carbocycles. The van der Waals surface area contributed by atoms with Crippen LogP contribution in [0.1, 0.15) is 21.5 Å². The van der Waals surface area contributed by atoms with Crippen molar-refractivity contribution in [2.45, 2.75) is 13.1 Å². The highest BCUT2D eigenvalue weighted by Gasteiger charge is 2.09. The number of benzene rings is 1. The molecule has 0 saturated heterocycles. The van der Waals surface area contributed by atoms with Gasteiger partial charge >= 0.3 is 0 Å². The molecule has 0 atom stereocenters. The molecule has 0 aliphatic rings. The third kappa shape index (κ3) is 3.17. The van der Waals surface area contributed by atoms with Crippen LogP contribution in [0.25, 0.3) is 0 Å². The van der Waals surface area contributed by atoms with Gasteiger partial charge in [-0.1, -0.05) is 12.1 Å². The molecule has 1 amide bonds. The Bertz CT molecular complexity index is 594. The van der Waals surface area contributed by atoms with Crippen LogP contribution in [0.3, 0.4) is 0 Å². The molecule has 6 heteroatoms. The van der Waals surface area contributed by atoms with Crippen molar-refractivity contribution in [3.8, 4) is 0 Å². The number of nitrogens with one attached hydrogen (secondary N) is 1. The molecule has 1 heterocycles. The van der Waals surface area contributed by atoms with Crippen molar-refractivity contribution < 1.29 is 9.18 Å². The van der Waals surface area contributed by atoms with E-state index in [-0.39, 0.29) is 18.3 Å². The molecule has 0 fully saturated rings. The van der Waals surface area contributed by atoms with Crippen LogP contribution in [0.4, 0.5) is 4.39 Å². The molecule has 0 radical (unpaired) electrons. The number of aromatic nitrogens is 2. The summed E-state index contributed by atoms with van der Waals surface area (Å²) in [7, 11) is 1.72. The fourth-order valence-electron chi connectivity index (χ4n) is 1.68. The Morgan fingerprint density at radius 3 is 2.89 bits per heavy atom. The third-order valence-corrected chi connectivity index (χ3v) is 2.76. The normalized spacial score (nSPS) is 10.5. The molecule has 0 unspecified atom stereocenters. The summed E-state index contributed by atoms with van der Waals surface area (Å²) in [4.78, 5) is 11.8. The van der Waals surface area contributed by atoms with Crippen molar-refractivity contribution in [2.75, 3.05) is 0 Å². The van der Waals surface area contributed by atoms with E-state index in [1.165, 1.54) is 16.9 Å². The summed E-state index contributed by atoms with van der Waals surface area (Å²) in [5.74, 6) is -0.648. The van der Waals surface area contributed by atoms with Crippen LogP contribution in [0, 0.1) is 5.82 Å². The second-order valence-corrected chi connectivity index (χ2v) is 4.22. The zero-order valence-corrected chi connectivity index (χ0v) is 10.6. The minimum Gasteiger partial charge on any atom is -0.348 e. The average molecular weight is 262 g/mol. The van der Waals surface area contributed by atoms with E-state index in [0.29, 0.717) is 17.7 Å². The Kier molecular flexibility index (Phi) is 3.91. The molecule has 0 aliphatic carbocycles. The van der Waals surface area contributed by atoms with E-state index >= 15 is 0 Å². The SMILES string of the molecule is Cn1cc(C(=O)NCc2ccc(CN)cc2F)cn1. The standard InChI is InChI=1S/C13H15FN4O/c1-18-8-11(7-17-18)13(19)16-6-10-3-2-9(5-15)4-12(10)14/h2-4,7-8H,5-6,15H2,1H3,(H,16,19). The lowest BCUT2D eigenvalue weighted by Gasteiger charge is -2.06. The zero-order chi connectivity index (χ0) is 13.8. The Hall–Kier alpha value is -2.21. The van der Waals surface area contributed by atoms with Gasteiger partial charge in [-0.3, -0.25) is 9.48 Å². The molecular weight excluding hydrogens is 247 g/mol. The number of hydrogen-bond donors (Lipinski definition) is 2. The Labute approximate surface area is 110 Å². The monoisotopic (exact) mass is 262 g/mol. The summed E-state index contributed by atoms with van der Waals surface area (Å²) in [6.07, 6.45) is 3.06. The predicted molar refractivity (Wildman–Crippen MR) is 68.7 cm³/mol. The van der Waals surface area contributed by atoms with Gasteiger partial charge in [0.1, 0.15) is 5.82 Å². The van der Waals surface area contributed by atoms with E-state index in [1.54, 1.807) is 25.4 Å². The largest absolute Gasteiger partial charge is 0.348 e. The Morgan fingerprint density at radius 1 is 1.53 bits per heavy atom. The zero-order valence-electron chi connectivity index (χ0n) is 10.6. The molecule has 0 saturated carbocycles. The van der Waals surface area contributed by atoms with E-state index < -0.39 is 0 Å². The number of aryl methyl sites for hydroxylation is 1. The third-order valence-electron chi connectivity index (χ3n) is 2.76. The molecule has 2 aromatic rings. The first kappa shape index (κ1) is 13.2. The van der Waals surface area contributed by atoms with Crippen LogP contribution in [0.2, 0.25) is 0 Å². The van der Waals surface area contributed by atoms with Gasteiger partial charge in [-0.15, -0.1) is 0 Å².